The SMILES string of the molecule is CCCN(C)S(=O)(=O)c1ccc(N)cc1C(=O)O. The number of hydrogen-bond acceptors (Lipinski definition) is 4. The van der Waals surface area contributed by atoms with Crippen molar-refractivity contribution in [2.75, 3.05) is 19.3 Å². The van der Waals surface area contributed by atoms with E-state index in [1.165, 1.54) is 19.2 Å². The molecule has 0 fully saturated rings. The third-order valence-electron chi connectivity index (χ3n) is 2.46. The summed E-state index contributed by atoms with van der Waals surface area (Å²) >= 11 is 0. The number of carboxylic acid groups (broad SMARTS) is 1. The second-order valence-corrected chi connectivity index (χ2v) is 5.90. The first-order valence-electron chi connectivity index (χ1n) is 5.40. The second-order valence-electron chi connectivity index (χ2n) is 3.89. The zero-order chi connectivity index (χ0) is 13.9. The van der Waals surface area contributed by atoms with Gasteiger partial charge in [0.25, 0.3) is 0 Å². The molecule has 0 saturated heterocycles. The van der Waals surface area contributed by atoms with Crippen LogP contribution in [-0.4, -0.2) is 37.4 Å². The normalized spacial score (nSPS) is 11.7. The third-order valence-corrected chi connectivity index (χ3v) is 4.38. The highest BCUT2D eigenvalue weighted by molar-refractivity contribution is 7.89. The zero-order valence-corrected chi connectivity index (χ0v) is 11.1. The highest BCUT2D eigenvalue weighted by atomic mass is 32.2. The van der Waals surface area contributed by atoms with E-state index in [-0.39, 0.29) is 16.1 Å². The van der Waals surface area contributed by atoms with Gasteiger partial charge in [-0.1, -0.05) is 6.92 Å². The Hall–Kier alpha value is -1.60. The van der Waals surface area contributed by atoms with Gasteiger partial charge in [0.2, 0.25) is 10.0 Å². The van der Waals surface area contributed by atoms with E-state index in [4.69, 9.17) is 10.8 Å². The van der Waals surface area contributed by atoms with Crippen LogP contribution in [-0.2, 0) is 10.0 Å². The number of sulfonamides is 1. The number of carbonyl (C=O) groups is 1. The molecule has 18 heavy (non-hydrogen) atoms. The molecule has 0 bridgehead atoms. The summed E-state index contributed by atoms with van der Waals surface area (Å²) < 4.78 is 25.5. The van der Waals surface area contributed by atoms with Gasteiger partial charge in [-0.15, -0.1) is 0 Å². The highest BCUT2D eigenvalue weighted by Gasteiger charge is 2.26. The number of hydrogen-bond donors (Lipinski definition) is 2. The summed E-state index contributed by atoms with van der Waals surface area (Å²) in [6.07, 6.45) is 0.646. The van der Waals surface area contributed by atoms with Crippen molar-refractivity contribution in [3.05, 3.63) is 23.8 Å². The number of nitrogen functional groups attached to an aromatic ring is 1. The lowest BCUT2D eigenvalue weighted by molar-refractivity contribution is 0.0692. The van der Waals surface area contributed by atoms with Crippen molar-refractivity contribution in [3.63, 3.8) is 0 Å². The number of nitrogens with two attached hydrogens (primary N) is 1. The van der Waals surface area contributed by atoms with Gasteiger partial charge in [0.1, 0.15) is 0 Å². The Morgan fingerprint density at radius 2 is 2.06 bits per heavy atom. The first kappa shape index (κ1) is 14.5. The minimum atomic E-state index is -3.80. The Labute approximate surface area is 106 Å². The minimum Gasteiger partial charge on any atom is -0.478 e. The molecular weight excluding hydrogens is 256 g/mol. The number of carboxylic acids is 1. The maximum absolute atomic E-state index is 12.2. The van der Waals surface area contributed by atoms with Crippen molar-refractivity contribution in [1.29, 1.82) is 0 Å². The Morgan fingerprint density at radius 1 is 1.44 bits per heavy atom. The number of nitrogens with zero attached hydrogens (tertiary/aromatic N) is 1. The fraction of sp³-hybridized carbons (Fsp3) is 0.364. The van der Waals surface area contributed by atoms with E-state index in [1.54, 1.807) is 0 Å². The van der Waals surface area contributed by atoms with Crippen LogP contribution in [0.1, 0.15) is 23.7 Å². The minimum absolute atomic E-state index is 0.212. The molecule has 0 amide bonds. The zero-order valence-electron chi connectivity index (χ0n) is 10.3. The van der Waals surface area contributed by atoms with E-state index in [9.17, 15) is 13.2 Å². The fourth-order valence-electron chi connectivity index (χ4n) is 1.54. The van der Waals surface area contributed by atoms with Gasteiger partial charge in [-0.2, -0.15) is 0 Å². The smallest absolute Gasteiger partial charge is 0.337 e. The van der Waals surface area contributed by atoms with Crippen molar-refractivity contribution in [2.45, 2.75) is 18.2 Å². The van der Waals surface area contributed by atoms with Gasteiger partial charge in [0, 0.05) is 19.3 Å². The van der Waals surface area contributed by atoms with Gasteiger partial charge in [0.15, 0.2) is 0 Å². The summed E-state index contributed by atoms with van der Waals surface area (Å²) in [4.78, 5) is 10.8. The molecule has 0 unspecified atom stereocenters. The molecule has 1 aromatic rings. The number of benzene rings is 1. The maximum atomic E-state index is 12.2. The van der Waals surface area contributed by atoms with Crippen LogP contribution >= 0.6 is 0 Å². The molecule has 3 N–H and O–H groups in total. The Morgan fingerprint density at radius 3 is 2.56 bits per heavy atom. The van der Waals surface area contributed by atoms with E-state index in [2.05, 4.69) is 0 Å². The van der Waals surface area contributed by atoms with Gasteiger partial charge in [-0.25, -0.2) is 17.5 Å². The fourth-order valence-corrected chi connectivity index (χ4v) is 2.97. The average molecular weight is 272 g/mol. The van der Waals surface area contributed by atoms with Crippen molar-refractivity contribution in [2.24, 2.45) is 0 Å². The molecule has 0 aromatic heterocycles. The molecule has 1 rings (SSSR count). The van der Waals surface area contributed by atoms with E-state index >= 15 is 0 Å². The highest BCUT2D eigenvalue weighted by Crippen LogP contribution is 2.22. The molecule has 100 valence electrons. The maximum Gasteiger partial charge on any atom is 0.337 e. The summed E-state index contributed by atoms with van der Waals surface area (Å²) in [7, 11) is -2.38. The van der Waals surface area contributed by atoms with Gasteiger partial charge >= 0.3 is 5.97 Å². The molecule has 7 heteroatoms. The first-order valence-corrected chi connectivity index (χ1v) is 6.84. The second kappa shape index (κ2) is 5.36. The van der Waals surface area contributed by atoms with Crippen LogP contribution < -0.4 is 5.73 Å². The molecule has 1 aromatic carbocycles. The third kappa shape index (κ3) is 2.80. The lowest BCUT2D eigenvalue weighted by Gasteiger charge is -2.17. The molecule has 0 spiro atoms. The molecule has 0 aliphatic heterocycles. The predicted octanol–water partition coefficient (Wildman–Crippen LogP) is 0.997. The average Bonchev–Trinajstić information content (AvgIpc) is 2.28. The molecular formula is C11H16N2O4S. The van der Waals surface area contributed by atoms with Gasteiger partial charge < -0.3 is 10.8 Å². The molecule has 0 saturated carbocycles. The van der Waals surface area contributed by atoms with Crippen molar-refractivity contribution in [1.82, 2.24) is 4.31 Å². The topological polar surface area (TPSA) is 101 Å². The van der Waals surface area contributed by atoms with Crippen LogP contribution in [0.25, 0.3) is 0 Å². The molecule has 6 nitrogen and oxygen atoms in total. The van der Waals surface area contributed by atoms with Crippen LogP contribution in [0.3, 0.4) is 0 Å². The quantitative estimate of drug-likeness (QED) is 0.779. The predicted molar refractivity (Wildman–Crippen MR) is 67.9 cm³/mol. The van der Waals surface area contributed by atoms with Crippen molar-refractivity contribution < 1.29 is 18.3 Å². The number of aromatic carboxylic acids is 1. The summed E-state index contributed by atoms with van der Waals surface area (Å²) in [6, 6.07) is 3.74. The number of rotatable bonds is 5. The monoisotopic (exact) mass is 272 g/mol. The van der Waals surface area contributed by atoms with Crippen molar-refractivity contribution >= 4 is 21.7 Å². The van der Waals surface area contributed by atoms with E-state index in [1.807, 2.05) is 6.92 Å². The van der Waals surface area contributed by atoms with Crippen LogP contribution in [0.2, 0.25) is 0 Å². The van der Waals surface area contributed by atoms with E-state index < -0.39 is 16.0 Å². The molecule has 0 atom stereocenters. The van der Waals surface area contributed by atoms with Gasteiger partial charge in [-0.3, -0.25) is 0 Å². The summed E-state index contributed by atoms with van der Waals surface area (Å²) in [5, 5.41) is 9.03. The van der Waals surface area contributed by atoms with Crippen LogP contribution in [0.5, 0.6) is 0 Å². The van der Waals surface area contributed by atoms with Crippen LogP contribution in [0.4, 0.5) is 5.69 Å². The van der Waals surface area contributed by atoms with Crippen LogP contribution in [0, 0.1) is 0 Å². The summed E-state index contributed by atoms with van der Waals surface area (Å²) in [5.41, 5.74) is 5.38. The van der Waals surface area contributed by atoms with Crippen molar-refractivity contribution in [3.8, 4) is 0 Å². The van der Waals surface area contributed by atoms with Gasteiger partial charge in [-0.05, 0) is 24.6 Å². The standard InChI is InChI=1S/C11H16N2O4S/c1-3-6-13(2)18(16,17)10-5-4-8(12)7-9(10)11(14)15/h4-5,7H,3,6,12H2,1-2H3,(H,14,15). The van der Waals surface area contributed by atoms with E-state index in [0.717, 1.165) is 10.4 Å². The largest absolute Gasteiger partial charge is 0.478 e. The Kier molecular flexibility index (Phi) is 4.31. The summed E-state index contributed by atoms with van der Waals surface area (Å²) in [6.45, 7) is 2.17. The molecule has 0 heterocycles. The Balaban J connectivity index is 3.37. The molecule has 0 aliphatic rings. The lowest BCUT2D eigenvalue weighted by atomic mass is 10.2. The Bertz CT molecular complexity index is 554. The lowest BCUT2D eigenvalue weighted by Crippen LogP contribution is -2.29. The van der Waals surface area contributed by atoms with Crippen LogP contribution in [0.15, 0.2) is 23.1 Å². The molecule has 0 radical (unpaired) electrons. The van der Waals surface area contributed by atoms with E-state index in [0.29, 0.717) is 13.0 Å². The first-order chi connectivity index (χ1) is 8.30. The number of anilines is 1. The van der Waals surface area contributed by atoms with Gasteiger partial charge in [0.05, 0.1) is 10.5 Å². The summed E-state index contributed by atoms with van der Waals surface area (Å²) in [5.74, 6) is -1.31. The molecule has 0 aliphatic carbocycles.